The van der Waals surface area contributed by atoms with Crippen LogP contribution in [0.15, 0.2) is 46.2 Å². The van der Waals surface area contributed by atoms with E-state index in [0.717, 1.165) is 0 Å². The zero-order chi connectivity index (χ0) is 19.9. The van der Waals surface area contributed by atoms with Crippen LogP contribution in [0.1, 0.15) is 18.5 Å². The fourth-order valence-electron chi connectivity index (χ4n) is 2.36. The predicted molar refractivity (Wildman–Crippen MR) is 108 cm³/mol. The zero-order valence-corrected chi connectivity index (χ0v) is 17.4. The van der Waals surface area contributed by atoms with Crippen LogP contribution in [0.3, 0.4) is 0 Å². The molecule has 1 aromatic carbocycles. The van der Waals surface area contributed by atoms with Crippen molar-refractivity contribution in [2.45, 2.75) is 31.8 Å². The Kier molecular flexibility index (Phi) is 7.24. The topological polar surface area (TPSA) is 82.2 Å². The van der Waals surface area contributed by atoms with Gasteiger partial charge in [0.2, 0.25) is 5.91 Å². The van der Waals surface area contributed by atoms with Gasteiger partial charge < -0.3 is 19.0 Å². The van der Waals surface area contributed by atoms with E-state index in [-0.39, 0.29) is 18.3 Å². The zero-order valence-electron chi connectivity index (χ0n) is 15.0. The van der Waals surface area contributed by atoms with Crippen molar-refractivity contribution < 1.29 is 13.9 Å². The molecule has 0 aliphatic heterocycles. The minimum absolute atomic E-state index is 0.115. The first kappa shape index (κ1) is 20.6. The van der Waals surface area contributed by atoms with Gasteiger partial charge in [-0.05, 0) is 31.2 Å². The summed E-state index contributed by atoms with van der Waals surface area (Å²) in [5, 5.41) is 12.8. The molecule has 0 atom stereocenters. The third-order valence-corrected chi connectivity index (χ3v) is 5.25. The fourth-order valence-corrected chi connectivity index (χ4v) is 3.55. The number of carbonyl (C=O) groups excluding carboxylic acids is 1. The lowest BCUT2D eigenvalue weighted by Crippen LogP contribution is -2.24. The standard InChI is InChI=1S/C18H18Cl2N4O3S/c1-2-24-16(10-27-15-8-12(19)5-6-14(15)20)22-23-18(24)28-11-17(25)21-9-13-4-3-7-26-13/h3-8H,2,9-11H2,1H3,(H,21,25). The molecule has 1 N–H and O–H groups in total. The molecule has 2 heterocycles. The fraction of sp³-hybridized carbons (Fsp3) is 0.278. The lowest BCUT2D eigenvalue weighted by Gasteiger charge is -2.10. The van der Waals surface area contributed by atoms with Gasteiger partial charge in [0.05, 0.1) is 23.6 Å². The number of hydrogen-bond acceptors (Lipinski definition) is 6. The molecule has 7 nitrogen and oxygen atoms in total. The van der Waals surface area contributed by atoms with Gasteiger partial charge in [-0.2, -0.15) is 0 Å². The number of aromatic nitrogens is 3. The molecule has 0 saturated heterocycles. The Balaban J connectivity index is 1.55. The summed E-state index contributed by atoms with van der Waals surface area (Å²) in [6, 6.07) is 8.60. The molecular formula is C18H18Cl2N4O3S. The smallest absolute Gasteiger partial charge is 0.230 e. The molecule has 0 aliphatic carbocycles. The van der Waals surface area contributed by atoms with E-state index in [0.29, 0.717) is 45.6 Å². The van der Waals surface area contributed by atoms with Crippen molar-refractivity contribution in [3.8, 4) is 5.75 Å². The van der Waals surface area contributed by atoms with Crippen LogP contribution in [0.25, 0.3) is 0 Å². The largest absolute Gasteiger partial charge is 0.484 e. The summed E-state index contributed by atoms with van der Waals surface area (Å²) in [5.74, 6) is 1.92. The molecule has 0 radical (unpaired) electrons. The molecule has 0 aliphatic rings. The van der Waals surface area contributed by atoms with Crippen LogP contribution in [0.2, 0.25) is 10.0 Å². The number of nitrogens with zero attached hydrogens (tertiary/aromatic N) is 3. The summed E-state index contributed by atoms with van der Waals surface area (Å²) in [6.07, 6.45) is 1.57. The first-order valence-corrected chi connectivity index (χ1v) is 10.2. The Morgan fingerprint density at radius 1 is 1.32 bits per heavy atom. The van der Waals surface area contributed by atoms with E-state index in [1.165, 1.54) is 11.8 Å². The highest BCUT2D eigenvalue weighted by molar-refractivity contribution is 7.99. The quantitative estimate of drug-likeness (QED) is 0.502. The molecule has 0 bridgehead atoms. The normalized spacial score (nSPS) is 10.8. The molecule has 148 valence electrons. The van der Waals surface area contributed by atoms with Gasteiger partial charge in [0, 0.05) is 17.6 Å². The highest BCUT2D eigenvalue weighted by atomic mass is 35.5. The van der Waals surface area contributed by atoms with E-state index in [9.17, 15) is 4.79 Å². The molecule has 10 heteroatoms. The van der Waals surface area contributed by atoms with Crippen LogP contribution in [-0.4, -0.2) is 26.4 Å². The molecule has 0 unspecified atom stereocenters. The van der Waals surface area contributed by atoms with Gasteiger partial charge in [-0.3, -0.25) is 4.79 Å². The first-order chi connectivity index (χ1) is 13.6. The Morgan fingerprint density at radius 3 is 2.93 bits per heavy atom. The number of carbonyl (C=O) groups is 1. The molecule has 0 fully saturated rings. The summed E-state index contributed by atoms with van der Waals surface area (Å²) < 4.78 is 12.8. The predicted octanol–water partition coefficient (Wildman–Crippen LogP) is 4.19. The SMILES string of the molecule is CCn1c(COc2cc(Cl)ccc2Cl)nnc1SCC(=O)NCc1ccco1. The second-order valence-electron chi connectivity index (χ2n) is 5.65. The Bertz CT molecular complexity index is 931. The maximum Gasteiger partial charge on any atom is 0.230 e. The maximum atomic E-state index is 12.0. The minimum atomic E-state index is -0.115. The van der Waals surface area contributed by atoms with Crippen LogP contribution in [-0.2, 0) is 24.5 Å². The van der Waals surface area contributed by atoms with E-state index in [1.54, 1.807) is 36.6 Å². The average Bonchev–Trinajstić information content (AvgIpc) is 3.34. The van der Waals surface area contributed by atoms with Gasteiger partial charge in [-0.25, -0.2) is 0 Å². The van der Waals surface area contributed by atoms with E-state index >= 15 is 0 Å². The number of thioether (sulfide) groups is 1. The molecular weight excluding hydrogens is 423 g/mol. The number of halogens is 2. The lowest BCUT2D eigenvalue weighted by molar-refractivity contribution is -0.118. The van der Waals surface area contributed by atoms with Crippen LogP contribution < -0.4 is 10.1 Å². The Morgan fingerprint density at radius 2 is 2.18 bits per heavy atom. The van der Waals surface area contributed by atoms with E-state index in [4.69, 9.17) is 32.4 Å². The molecule has 0 spiro atoms. The van der Waals surface area contributed by atoms with Crippen LogP contribution in [0, 0.1) is 0 Å². The van der Waals surface area contributed by atoms with Gasteiger partial charge in [-0.15, -0.1) is 10.2 Å². The van der Waals surface area contributed by atoms with Crippen LogP contribution >= 0.6 is 35.0 Å². The van der Waals surface area contributed by atoms with Gasteiger partial charge >= 0.3 is 0 Å². The second-order valence-corrected chi connectivity index (χ2v) is 7.44. The molecule has 2 aromatic heterocycles. The number of furan rings is 1. The molecule has 3 rings (SSSR count). The summed E-state index contributed by atoms with van der Waals surface area (Å²) in [5.41, 5.74) is 0. The maximum absolute atomic E-state index is 12.0. The highest BCUT2D eigenvalue weighted by Crippen LogP contribution is 2.28. The number of nitrogens with one attached hydrogen (secondary N) is 1. The number of benzene rings is 1. The number of hydrogen-bond donors (Lipinski definition) is 1. The Hall–Kier alpha value is -2.16. The van der Waals surface area contributed by atoms with Crippen LogP contribution in [0.5, 0.6) is 5.75 Å². The summed E-state index contributed by atoms with van der Waals surface area (Å²) >= 11 is 13.4. The molecule has 3 aromatic rings. The monoisotopic (exact) mass is 440 g/mol. The summed E-state index contributed by atoms with van der Waals surface area (Å²) in [7, 11) is 0. The van der Waals surface area contributed by atoms with Gasteiger partial charge in [0.25, 0.3) is 0 Å². The van der Waals surface area contributed by atoms with Crippen molar-refractivity contribution in [1.29, 1.82) is 0 Å². The van der Waals surface area contributed by atoms with Crippen molar-refractivity contribution >= 4 is 40.9 Å². The number of ether oxygens (including phenoxy) is 1. The van der Waals surface area contributed by atoms with Crippen molar-refractivity contribution in [2.24, 2.45) is 0 Å². The third-order valence-electron chi connectivity index (χ3n) is 3.73. The van der Waals surface area contributed by atoms with Gasteiger partial charge in [-0.1, -0.05) is 35.0 Å². The van der Waals surface area contributed by atoms with Gasteiger partial charge in [0.1, 0.15) is 18.1 Å². The van der Waals surface area contributed by atoms with Gasteiger partial charge in [0.15, 0.2) is 11.0 Å². The number of rotatable bonds is 9. The Labute approximate surface area is 176 Å². The number of amides is 1. The van der Waals surface area contributed by atoms with Crippen LogP contribution in [0.4, 0.5) is 0 Å². The second kappa shape index (κ2) is 9.86. The minimum Gasteiger partial charge on any atom is -0.484 e. The van der Waals surface area contributed by atoms with E-state index in [2.05, 4.69) is 15.5 Å². The lowest BCUT2D eigenvalue weighted by atomic mass is 10.3. The molecule has 1 amide bonds. The average molecular weight is 441 g/mol. The summed E-state index contributed by atoms with van der Waals surface area (Å²) in [4.78, 5) is 12.0. The third kappa shape index (κ3) is 5.43. The van der Waals surface area contributed by atoms with E-state index in [1.807, 2.05) is 11.5 Å². The first-order valence-electron chi connectivity index (χ1n) is 8.48. The van der Waals surface area contributed by atoms with Crippen molar-refractivity contribution in [3.63, 3.8) is 0 Å². The summed E-state index contributed by atoms with van der Waals surface area (Å²) in [6.45, 7) is 3.16. The van der Waals surface area contributed by atoms with Crippen molar-refractivity contribution in [1.82, 2.24) is 20.1 Å². The highest BCUT2D eigenvalue weighted by Gasteiger charge is 2.14. The van der Waals surface area contributed by atoms with Crippen molar-refractivity contribution in [3.05, 3.63) is 58.2 Å². The molecule has 28 heavy (non-hydrogen) atoms. The van der Waals surface area contributed by atoms with E-state index < -0.39 is 0 Å². The molecule has 0 saturated carbocycles. The van der Waals surface area contributed by atoms with Crippen molar-refractivity contribution in [2.75, 3.05) is 5.75 Å².